The third-order valence-electron chi connectivity index (χ3n) is 5.27. The molecule has 0 radical (unpaired) electrons. The van der Waals surface area contributed by atoms with Gasteiger partial charge in [0.05, 0.1) is 6.10 Å². The Labute approximate surface area is 176 Å². The van der Waals surface area contributed by atoms with Gasteiger partial charge in [-0.1, -0.05) is 18.2 Å². The quantitative estimate of drug-likeness (QED) is 0.705. The van der Waals surface area contributed by atoms with E-state index in [1.54, 1.807) is 11.0 Å². The Hall–Kier alpha value is -3.12. The fourth-order valence-corrected chi connectivity index (χ4v) is 3.67. The van der Waals surface area contributed by atoms with Gasteiger partial charge in [-0.15, -0.1) is 0 Å². The summed E-state index contributed by atoms with van der Waals surface area (Å²) in [5, 5.41) is 2.85. The van der Waals surface area contributed by atoms with Gasteiger partial charge in [-0.05, 0) is 55.2 Å². The van der Waals surface area contributed by atoms with Crippen molar-refractivity contribution in [3.05, 3.63) is 60.2 Å². The van der Waals surface area contributed by atoms with Crippen molar-refractivity contribution in [1.29, 1.82) is 0 Å². The number of nitrogens with zero attached hydrogens (tertiary/aromatic N) is 1. The average Bonchev–Trinajstić information content (AvgIpc) is 3.43. The molecule has 2 fully saturated rings. The summed E-state index contributed by atoms with van der Waals surface area (Å²) < 4.78 is 11.3. The number of carbonyl (C=O) groups is 2. The normalized spacial score (nSPS) is 18.9. The Kier molecular flexibility index (Phi) is 6.44. The number of carbonyl (C=O) groups excluding carboxylic acids is 2. The van der Waals surface area contributed by atoms with Gasteiger partial charge in [-0.2, -0.15) is 0 Å². The maximum atomic E-state index is 12.3. The van der Waals surface area contributed by atoms with Crippen molar-refractivity contribution in [2.75, 3.05) is 30.0 Å². The predicted octanol–water partition coefficient (Wildman–Crippen LogP) is 4.02. The number of nitrogens with one attached hydrogen (secondary N) is 1. The number of benzene rings is 2. The van der Waals surface area contributed by atoms with E-state index in [4.69, 9.17) is 9.47 Å². The van der Waals surface area contributed by atoms with E-state index in [0.717, 1.165) is 43.7 Å². The maximum Gasteiger partial charge on any atom is 0.248 e. The van der Waals surface area contributed by atoms with Crippen LogP contribution in [0.2, 0.25) is 0 Å². The van der Waals surface area contributed by atoms with Gasteiger partial charge in [0.15, 0.2) is 0 Å². The number of hydrogen-bond acceptors (Lipinski definition) is 4. The second-order valence-corrected chi connectivity index (χ2v) is 7.54. The molecule has 0 bridgehead atoms. The number of rotatable bonds is 7. The first-order valence-electron chi connectivity index (χ1n) is 10.4. The van der Waals surface area contributed by atoms with Crippen molar-refractivity contribution >= 4 is 29.3 Å². The lowest BCUT2D eigenvalue weighted by atomic mass is 10.2. The highest BCUT2D eigenvalue weighted by Gasteiger charge is 2.21. The van der Waals surface area contributed by atoms with E-state index in [9.17, 15) is 9.59 Å². The van der Waals surface area contributed by atoms with Gasteiger partial charge in [-0.25, -0.2) is 0 Å². The molecule has 2 amide bonds. The first-order valence-corrected chi connectivity index (χ1v) is 10.4. The summed E-state index contributed by atoms with van der Waals surface area (Å²) in [6.45, 7) is 2.10. The van der Waals surface area contributed by atoms with E-state index in [0.29, 0.717) is 24.5 Å². The molecule has 30 heavy (non-hydrogen) atoms. The van der Waals surface area contributed by atoms with Crippen LogP contribution in [0.1, 0.15) is 31.2 Å². The van der Waals surface area contributed by atoms with E-state index >= 15 is 0 Å². The molecule has 6 heteroatoms. The monoisotopic (exact) mass is 406 g/mol. The third-order valence-corrected chi connectivity index (χ3v) is 5.27. The Morgan fingerprint density at radius 2 is 2.07 bits per heavy atom. The number of hydrogen-bond donors (Lipinski definition) is 1. The van der Waals surface area contributed by atoms with E-state index in [2.05, 4.69) is 5.32 Å². The lowest BCUT2D eigenvalue weighted by Gasteiger charge is -2.15. The third kappa shape index (κ3) is 5.27. The molecule has 2 saturated heterocycles. The molecular weight excluding hydrogens is 380 g/mol. The Morgan fingerprint density at radius 3 is 2.80 bits per heavy atom. The standard InChI is InChI=1S/C24H26N2O4/c27-23(13-10-18-8-11-20(12-9-18)26-14-2-7-24(26)28)25-19-4-1-5-21(16-19)30-17-22-6-3-15-29-22/h1,4-5,8-13,16,22H,2-3,6-7,14-15,17H2,(H,25,27). The molecule has 2 aromatic rings. The summed E-state index contributed by atoms with van der Waals surface area (Å²) in [7, 11) is 0. The highest BCUT2D eigenvalue weighted by Crippen LogP contribution is 2.22. The van der Waals surface area contributed by atoms with Crippen LogP contribution in [0.4, 0.5) is 11.4 Å². The lowest BCUT2D eigenvalue weighted by molar-refractivity contribution is -0.117. The van der Waals surface area contributed by atoms with Gasteiger partial charge in [0.2, 0.25) is 11.8 Å². The van der Waals surface area contributed by atoms with Gasteiger partial charge < -0.3 is 19.7 Å². The first-order chi connectivity index (χ1) is 14.7. The topological polar surface area (TPSA) is 67.9 Å². The average molecular weight is 406 g/mol. The van der Waals surface area contributed by atoms with Crippen LogP contribution in [0, 0.1) is 0 Å². The van der Waals surface area contributed by atoms with E-state index in [1.807, 2.05) is 48.5 Å². The second-order valence-electron chi connectivity index (χ2n) is 7.54. The molecule has 2 aliphatic rings. The molecule has 2 aliphatic heterocycles. The minimum atomic E-state index is -0.218. The van der Waals surface area contributed by atoms with Gasteiger partial charge in [0.1, 0.15) is 12.4 Å². The van der Waals surface area contributed by atoms with Gasteiger partial charge in [0, 0.05) is 43.1 Å². The smallest absolute Gasteiger partial charge is 0.248 e. The highest BCUT2D eigenvalue weighted by atomic mass is 16.5. The molecule has 1 unspecified atom stereocenters. The zero-order chi connectivity index (χ0) is 20.8. The SMILES string of the molecule is O=C(C=Cc1ccc(N2CCCC2=O)cc1)Nc1cccc(OCC2CCCO2)c1. The van der Waals surface area contributed by atoms with Gasteiger partial charge in [0.25, 0.3) is 0 Å². The van der Waals surface area contributed by atoms with Crippen LogP contribution in [0.25, 0.3) is 6.08 Å². The lowest BCUT2D eigenvalue weighted by Crippen LogP contribution is -2.23. The van der Waals surface area contributed by atoms with Crippen LogP contribution >= 0.6 is 0 Å². The molecule has 2 heterocycles. The number of anilines is 2. The van der Waals surface area contributed by atoms with Crippen LogP contribution in [0.3, 0.4) is 0 Å². The number of ether oxygens (including phenoxy) is 2. The molecule has 4 rings (SSSR count). The zero-order valence-electron chi connectivity index (χ0n) is 16.9. The van der Waals surface area contributed by atoms with Crippen molar-refractivity contribution in [3.8, 4) is 5.75 Å². The van der Waals surface area contributed by atoms with E-state index in [-0.39, 0.29) is 17.9 Å². The molecule has 6 nitrogen and oxygen atoms in total. The predicted molar refractivity (Wildman–Crippen MR) is 117 cm³/mol. The van der Waals surface area contributed by atoms with Gasteiger partial charge >= 0.3 is 0 Å². The minimum absolute atomic E-state index is 0.154. The summed E-state index contributed by atoms with van der Waals surface area (Å²) in [5.74, 6) is 0.657. The van der Waals surface area contributed by atoms with Crippen LogP contribution in [0.5, 0.6) is 5.75 Å². The van der Waals surface area contributed by atoms with E-state index in [1.165, 1.54) is 6.08 Å². The molecule has 0 aliphatic carbocycles. The maximum absolute atomic E-state index is 12.3. The van der Waals surface area contributed by atoms with Crippen LogP contribution in [-0.2, 0) is 14.3 Å². The van der Waals surface area contributed by atoms with Gasteiger partial charge in [-0.3, -0.25) is 9.59 Å². The summed E-state index contributed by atoms with van der Waals surface area (Å²) in [6, 6.07) is 15.0. The molecule has 1 atom stereocenters. The Balaban J connectivity index is 1.30. The first kappa shape index (κ1) is 20.2. The summed E-state index contributed by atoms with van der Waals surface area (Å²) in [6.07, 6.45) is 7.02. The van der Waals surface area contributed by atoms with Crippen molar-refractivity contribution in [2.24, 2.45) is 0 Å². The molecule has 0 spiro atoms. The molecule has 156 valence electrons. The van der Waals surface area contributed by atoms with E-state index < -0.39 is 0 Å². The fraction of sp³-hybridized carbons (Fsp3) is 0.333. The Morgan fingerprint density at radius 1 is 1.20 bits per heavy atom. The van der Waals surface area contributed by atoms with Crippen LogP contribution in [0.15, 0.2) is 54.6 Å². The molecule has 0 aromatic heterocycles. The molecule has 0 saturated carbocycles. The minimum Gasteiger partial charge on any atom is -0.491 e. The summed E-state index contributed by atoms with van der Waals surface area (Å²) in [4.78, 5) is 25.9. The summed E-state index contributed by atoms with van der Waals surface area (Å²) in [5.41, 5.74) is 2.48. The highest BCUT2D eigenvalue weighted by molar-refractivity contribution is 6.02. The van der Waals surface area contributed by atoms with Crippen molar-refractivity contribution in [3.63, 3.8) is 0 Å². The molecular formula is C24H26N2O4. The largest absolute Gasteiger partial charge is 0.491 e. The van der Waals surface area contributed by atoms with Crippen molar-refractivity contribution < 1.29 is 19.1 Å². The summed E-state index contributed by atoms with van der Waals surface area (Å²) >= 11 is 0. The second kappa shape index (κ2) is 9.59. The zero-order valence-corrected chi connectivity index (χ0v) is 16.9. The molecule has 2 aromatic carbocycles. The fourth-order valence-electron chi connectivity index (χ4n) is 3.67. The van der Waals surface area contributed by atoms with Crippen LogP contribution in [-0.4, -0.2) is 37.7 Å². The van der Waals surface area contributed by atoms with Crippen molar-refractivity contribution in [2.45, 2.75) is 31.8 Å². The molecule has 1 N–H and O–H groups in total. The number of amides is 2. The Bertz CT molecular complexity index is 917. The van der Waals surface area contributed by atoms with Crippen LogP contribution < -0.4 is 15.0 Å². The van der Waals surface area contributed by atoms with Crippen molar-refractivity contribution in [1.82, 2.24) is 0 Å².